The smallest absolute Gasteiger partial charge is 0.272 e. The van der Waals surface area contributed by atoms with Gasteiger partial charge in [0.2, 0.25) is 5.91 Å². The highest BCUT2D eigenvalue weighted by molar-refractivity contribution is 5.97. The lowest BCUT2D eigenvalue weighted by atomic mass is 10.1. The molecule has 2 aliphatic rings. The van der Waals surface area contributed by atoms with Crippen molar-refractivity contribution in [2.24, 2.45) is 7.05 Å². The lowest BCUT2D eigenvalue weighted by Crippen LogP contribution is -2.47. The fraction of sp³-hybridized carbons (Fsp3) is 0.500. The van der Waals surface area contributed by atoms with Crippen molar-refractivity contribution in [1.29, 1.82) is 0 Å². The molecule has 2 fully saturated rings. The van der Waals surface area contributed by atoms with Crippen LogP contribution in [0.3, 0.4) is 0 Å². The van der Waals surface area contributed by atoms with E-state index >= 15 is 0 Å². The van der Waals surface area contributed by atoms with Gasteiger partial charge in [0, 0.05) is 32.8 Å². The zero-order valence-electron chi connectivity index (χ0n) is 16.2. The number of amides is 2. The van der Waals surface area contributed by atoms with E-state index in [1.807, 2.05) is 17.9 Å². The SMILES string of the molecule is Cc1cc(C(=O)N2C[C@@H](Oc3cccnc3)C[C@H]2C(=O)N2CCCC2)n(C)n1. The molecule has 2 atom stereocenters. The quantitative estimate of drug-likeness (QED) is 0.797. The zero-order chi connectivity index (χ0) is 19.7. The second kappa shape index (κ2) is 7.61. The van der Waals surface area contributed by atoms with Crippen LogP contribution in [-0.4, -0.2) is 68.2 Å². The number of pyridine rings is 1. The number of hydrogen-bond acceptors (Lipinski definition) is 5. The van der Waals surface area contributed by atoms with Crippen molar-refractivity contribution in [1.82, 2.24) is 24.6 Å². The Kier molecular flexibility index (Phi) is 5.02. The molecule has 2 saturated heterocycles. The minimum atomic E-state index is -0.512. The van der Waals surface area contributed by atoms with E-state index in [-0.39, 0.29) is 17.9 Å². The van der Waals surface area contributed by atoms with Crippen molar-refractivity contribution >= 4 is 11.8 Å². The Bertz CT molecular complexity index is 860. The van der Waals surface area contributed by atoms with Gasteiger partial charge in [0.05, 0.1) is 18.4 Å². The average molecular weight is 383 g/mol. The summed E-state index contributed by atoms with van der Waals surface area (Å²) in [6, 6.07) is 4.88. The molecule has 0 spiro atoms. The fourth-order valence-corrected chi connectivity index (χ4v) is 4.06. The number of carbonyl (C=O) groups excluding carboxylic acids is 2. The molecule has 8 nitrogen and oxygen atoms in total. The Hall–Kier alpha value is -2.90. The van der Waals surface area contributed by atoms with E-state index in [1.165, 1.54) is 0 Å². The van der Waals surface area contributed by atoms with Crippen LogP contribution in [0.4, 0.5) is 0 Å². The van der Waals surface area contributed by atoms with Crippen molar-refractivity contribution in [3.8, 4) is 5.75 Å². The number of aryl methyl sites for hydroxylation is 2. The van der Waals surface area contributed by atoms with Gasteiger partial charge < -0.3 is 14.5 Å². The molecule has 0 radical (unpaired) electrons. The van der Waals surface area contributed by atoms with Crippen molar-refractivity contribution in [2.75, 3.05) is 19.6 Å². The summed E-state index contributed by atoms with van der Waals surface area (Å²) in [6.45, 7) is 3.73. The molecular weight excluding hydrogens is 358 g/mol. The predicted octanol–water partition coefficient (Wildman–Crippen LogP) is 1.41. The summed E-state index contributed by atoms with van der Waals surface area (Å²) in [4.78, 5) is 33.9. The molecule has 4 rings (SSSR count). The van der Waals surface area contributed by atoms with Crippen LogP contribution >= 0.6 is 0 Å². The molecule has 28 heavy (non-hydrogen) atoms. The average Bonchev–Trinajstić information content (AvgIpc) is 3.42. The van der Waals surface area contributed by atoms with Crippen molar-refractivity contribution in [3.63, 3.8) is 0 Å². The topological polar surface area (TPSA) is 80.6 Å². The van der Waals surface area contributed by atoms with Gasteiger partial charge in [0.1, 0.15) is 23.6 Å². The van der Waals surface area contributed by atoms with Crippen molar-refractivity contribution in [2.45, 2.75) is 38.3 Å². The van der Waals surface area contributed by atoms with Gasteiger partial charge >= 0.3 is 0 Å². The molecular formula is C20H25N5O3. The molecule has 0 saturated carbocycles. The highest BCUT2D eigenvalue weighted by Gasteiger charge is 2.43. The Morgan fingerprint density at radius 2 is 2.04 bits per heavy atom. The summed E-state index contributed by atoms with van der Waals surface area (Å²) >= 11 is 0. The Balaban J connectivity index is 1.57. The van der Waals surface area contributed by atoms with Crippen LogP contribution in [0, 0.1) is 6.92 Å². The van der Waals surface area contributed by atoms with E-state index in [2.05, 4.69) is 10.1 Å². The number of likely N-dealkylation sites (tertiary alicyclic amines) is 2. The Morgan fingerprint density at radius 3 is 2.68 bits per heavy atom. The number of carbonyl (C=O) groups is 2. The monoisotopic (exact) mass is 383 g/mol. The summed E-state index contributed by atoms with van der Waals surface area (Å²) in [5.41, 5.74) is 1.26. The molecule has 0 aliphatic carbocycles. The van der Waals surface area contributed by atoms with Crippen LogP contribution in [0.15, 0.2) is 30.6 Å². The molecule has 4 heterocycles. The summed E-state index contributed by atoms with van der Waals surface area (Å²) in [5, 5.41) is 4.27. The van der Waals surface area contributed by atoms with Crippen LogP contribution in [0.2, 0.25) is 0 Å². The van der Waals surface area contributed by atoms with E-state index in [4.69, 9.17) is 4.74 Å². The zero-order valence-corrected chi connectivity index (χ0v) is 16.2. The van der Waals surface area contributed by atoms with Crippen LogP contribution in [0.5, 0.6) is 5.75 Å². The highest BCUT2D eigenvalue weighted by atomic mass is 16.5. The molecule has 0 aromatic carbocycles. The van der Waals surface area contributed by atoms with E-state index < -0.39 is 6.04 Å². The lowest BCUT2D eigenvalue weighted by Gasteiger charge is -2.27. The first-order valence-electron chi connectivity index (χ1n) is 9.70. The van der Waals surface area contributed by atoms with Crippen molar-refractivity contribution in [3.05, 3.63) is 42.0 Å². The van der Waals surface area contributed by atoms with Gasteiger partial charge in [-0.15, -0.1) is 0 Å². The van der Waals surface area contributed by atoms with E-state index in [9.17, 15) is 9.59 Å². The van der Waals surface area contributed by atoms with Gasteiger partial charge in [-0.25, -0.2) is 0 Å². The molecule has 0 bridgehead atoms. The third kappa shape index (κ3) is 3.58. The third-order valence-electron chi connectivity index (χ3n) is 5.38. The summed E-state index contributed by atoms with van der Waals surface area (Å²) in [5.74, 6) is 0.477. The normalized spacial score (nSPS) is 21.9. The standard InChI is InChI=1S/C20H25N5O3/c1-14-10-17(23(2)22-14)20(27)25-13-16(28-15-6-5-7-21-12-15)11-18(25)19(26)24-8-3-4-9-24/h5-7,10,12,16,18H,3-4,8-9,11,13H2,1-2H3/t16-,18-/m0/s1. The Morgan fingerprint density at radius 1 is 1.25 bits per heavy atom. The van der Waals surface area contributed by atoms with Gasteiger partial charge in [0.15, 0.2) is 0 Å². The maximum atomic E-state index is 13.2. The number of rotatable bonds is 4. The molecule has 0 N–H and O–H groups in total. The summed E-state index contributed by atoms with van der Waals surface area (Å²) in [7, 11) is 1.75. The highest BCUT2D eigenvalue weighted by Crippen LogP contribution is 2.27. The number of aromatic nitrogens is 3. The minimum absolute atomic E-state index is 0.0158. The van der Waals surface area contributed by atoms with Crippen LogP contribution in [0.25, 0.3) is 0 Å². The van der Waals surface area contributed by atoms with E-state index in [0.717, 1.165) is 31.6 Å². The summed E-state index contributed by atoms with van der Waals surface area (Å²) in [6.07, 6.45) is 5.59. The molecule has 2 aromatic rings. The predicted molar refractivity (Wildman–Crippen MR) is 102 cm³/mol. The third-order valence-corrected chi connectivity index (χ3v) is 5.38. The molecule has 148 valence electrons. The second-order valence-corrected chi connectivity index (χ2v) is 7.46. The maximum Gasteiger partial charge on any atom is 0.272 e. The molecule has 0 unspecified atom stereocenters. The first-order valence-corrected chi connectivity index (χ1v) is 9.70. The largest absolute Gasteiger partial charge is 0.487 e. The van der Waals surface area contributed by atoms with Crippen LogP contribution in [-0.2, 0) is 11.8 Å². The number of nitrogens with zero attached hydrogens (tertiary/aromatic N) is 5. The number of ether oxygens (including phenoxy) is 1. The molecule has 8 heteroatoms. The first kappa shape index (κ1) is 18.5. The second-order valence-electron chi connectivity index (χ2n) is 7.46. The molecule has 2 amide bonds. The maximum absolute atomic E-state index is 13.2. The van der Waals surface area contributed by atoms with Gasteiger partial charge in [-0.05, 0) is 38.0 Å². The van der Waals surface area contributed by atoms with Crippen LogP contribution in [0.1, 0.15) is 35.4 Å². The Labute approximate surface area is 164 Å². The summed E-state index contributed by atoms with van der Waals surface area (Å²) < 4.78 is 7.59. The molecule has 2 aliphatic heterocycles. The number of hydrogen-bond donors (Lipinski definition) is 0. The fourth-order valence-electron chi connectivity index (χ4n) is 4.06. The van der Waals surface area contributed by atoms with E-state index in [1.54, 1.807) is 41.2 Å². The van der Waals surface area contributed by atoms with E-state index in [0.29, 0.717) is 24.4 Å². The molecule has 2 aromatic heterocycles. The van der Waals surface area contributed by atoms with Crippen molar-refractivity contribution < 1.29 is 14.3 Å². The minimum Gasteiger partial charge on any atom is -0.487 e. The van der Waals surface area contributed by atoms with Crippen LogP contribution < -0.4 is 4.74 Å². The van der Waals surface area contributed by atoms with Gasteiger partial charge in [-0.2, -0.15) is 5.10 Å². The van der Waals surface area contributed by atoms with Gasteiger partial charge in [0.25, 0.3) is 5.91 Å². The first-order chi connectivity index (χ1) is 13.5. The van der Waals surface area contributed by atoms with Gasteiger partial charge in [-0.3, -0.25) is 19.3 Å². The lowest BCUT2D eigenvalue weighted by molar-refractivity contribution is -0.134. The van der Waals surface area contributed by atoms with Gasteiger partial charge in [-0.1, -0.05) is 0 Å².